The predicted octanol–water partition coefficient (Wildman–Crippen LogP) is 4.87. The molecule has 0 atom stereocenters. The van der Waals surface area contributed by atoms with Gasteiger partial charge < -0.3 is 4.57 Å². The molecule has 0 saturated heterocycles. The van der Waals surface area contributed by atoms with Crippen LogP contribution in [0.3, 0.4) is 0 Å². The van der Waals surface area contributed by atoms with Gasteiger partial charge in [-0.05, 0) is 68.7 Å². The smallest absolute Gasteiger partial charge is 0.271 e. The molecule has 1 N–H and O–H groups in total. The lowest BCUT2D eigenvalue weighted by Crippen LogP contribution is -2.17. The van der Waals surface area contributed by atoms with Crippen LogP contribution in [0.4, 0.5) is 4.39 Å². The fraction of sp³-hybridized carbons (Fsp3) is 0.217. The number of benzene rings is 2. The number of carbonyl (C=O) groups excluding carboxylic acids is 1. The summed E-state index contributed by atoms with van der Waals surface area (Å²) in [5.41, 5.74) is 9.65. The van der Waals surface area contributed by atoms with Gasteiger partial charge in [0.05, 0.1) is 11.9 Å². The lowest BCUT2D eigenvalue weighted by molar-refractivity contribution is 0.0955. The van der Waals surface area contributed by atoms with Crippen molar-refractivity contribution in [2.75, 3.05) is 0 Å². The van der Waals surface area contributed by atoms with Gasteiger partial charge in [0, 0.05) is 22.5 Å². The maximum absolute atomic E-state index is 13.0. The van der Waals surface area contributed by atoms with E-state index in [4.69, 9.17) is 0 Å². The number of aryl methyl sites for hydroxylation is 3. The summed E-state index contributed by atoms with van der Waals surface area (Å²) in [6, 6.07) is 13.8. The topological polar surface area (TPSA) is 46.4 Å². The molecule has 0 aliphatic heterocycles. The minimum absolute atomic E-state index is 0.358. The molecule has 3 rings (SSSR count). The lowest BCUT2D eigenvalue weighted by Gasteiger charge is -2.17. The Kier molecular flexibility index (Phi) is 5.73. The van der Waals surface area contributed by atoms with E-state index < -0.39 is 0 Å². The Hall–Kier alpha value is -3.21. The quantitative estimate of drug-likeness (QED) is 0.500. The molecule has 0 aliphatic carbocycles. The third-order valence-corrected chi connectivity index (χ3v) is 4.87. The number of hydrazone groups is 1. The first kappa shape index (κ1) is 19.5. The first-order chi connectivity index (χ1) is 13.4. The average molecular weight is 377 g/mol. The van der Waals surface area contributed by atoms with Crippen molar-refractivity contribution in [2.45, 2.75) is 34.1 Å². The highest BCUT2D eigenvalue weighted by Crippen LogP contribution is 2.26. The summed E-state index contributed by atoms with van der Waals surface area (Å²) in [6.45, 7) is 8.37. The Morgan fingerprint density at radius 1 is 1.14 bits per heavy atom. The Morgan fingerprint density at radius 2 is 1.86 bits per heavy atom. The zero-order valence-electron chi connectivity index (χ0n) is 16.6. The number of nitrogens with one attached hydrogen (secondary N) is 1. The van der Waals surface area contributed by atoms with Gasteiger partial charge in [0.1, 0.15) is 5.82 Å². The molecule has 1 amide bonds. The normalized spacial score (nSPS) is 11.2. The summed E-state index contributed by atoms with van der Waals surface area (Å²) >= 11 is 0. The van der Waals surface area contributed by atoms with Gasteiger partial charge in [-0.2, -0.15) is 5.10 Å². The van der Waals surface area contributed by atoms with Crippen LogP contribution in [-0.4, -0.2) is 16.7 Å². The van der Waals surface area contributed by atoms with Crippen molar-refractivity contribution in [3.63, 3.8) is 0 Å². The minimum Gasteiger partial charge on any atom is -0.317 e. The van der Waals surface area contributed by atoms with Gasteiger partial charge in [0.15, 0.2) is 0 Å². The summed E-state index contributed by atoms with van der Waals surface area (Å²) in [7, 11) is 0. The van der Waals surface area contributed by atoms with Crippen LogP contribution in [0.1, 0.15) is 45.4 Å². The summed E-state index contributed by atoms with van der Waals surface area (Å²) in [4.78, 5) is 12.1. The molecule has 0 fully saturated rings. The first-order valence-electron chi connectivity index (χ1n) is 9.29. The molecule has 0 aliphatic rings. The fourth-order valence-electron chi connectivity index (χ4n) is 3.41. The van der Waals surface area contributed by atoms with E-state index in [1.807, 2.05) is 6.92 Å². The number of hydrogen-bond donors (Lipinski definition) is 1. The Morgan fingerprint density at radius 3 is 2.54 bits per heavy atom. The number of para-hydroxylation sites is 1. The fourth-order valence-corrected chi connectivity index (χ4v) is 3.41. The number of nitrogens with zero attached hydrogens (tertiary/aromatic N) is 2. The molecule has 0 saturated carbocycles. The molecule has 144 valence electrons. The van der Waals surface area contributed by atoms with Gasteiger partial charge >= 0.3 is 0 Å². The number of aromatic nitrogens is 1. The van der Waals surface area contributed by atoms with Gasteiger partial charge in [-0.25, -0.2) is 9.82 Å². The zero-order chi connectivity index (χ0) is 20.3. The predicted molar refractivity (Wildman–Crippen MR) is 111 cm³/mol. The molecule has 5 heteroatoms. The number of carbonyl (C=O) groups is 1. The van der Waals surface area contributed by atoms with Crippen molar-refractivity contribution >= 4 is 12.1 Å². The SMILES string of the molecule is CCc1cccc(C)c1-n1c(C)cc(/C=N\NC(=O)c2ccc(F)cc2)c1C. The van der Waals surface area contributed by atoms with Crippen LogP contribution < -0.4 is 5.43 Å². The van der Waals surface area contributed by atoms with Gasteiger partial charge in [-0.15, -0.1) is 0 Å². The summed E-state index contributed by atoms with van der Waals surface area (Å²) in [6.07, 6.45) is 2.59. The van der Waals surface area contributed by atoms with E-state index in [0.717, 1.165) is 23.4 Å². The Bertz CT molecular complexity index is 1030. The van der Waals surface area contributed by atoms with Crippen LogP contribution in [0, 0.1) is 26.6 Å². The van der Waals surface area contributed by atoms with Crippen LogP contribution in [0.2, 0.25) is 0 Å². The van der Waals surface area contributed by atoms with Crippen molar-refractivity contribution in [1.29, 1.82) is 0 Å². The number of rotatable bonds is 5. The number of amides is 1. The molecule has 2 aromatic carbocycles. The van der Waals surface area contributed by atoms with Crippen LogP contribution in [0.15, 0.2) is 53.6 Å². The Balaban J connectivity index is 1.85. The van der Waals surface area contributed by atoms with Crippen molar-refractivity contribution in [1.82, 2.24) is 9.99 Å². The lowest BCUT2D eigenvalue weighted by atomic mass is 10.1. The first-order valence-corrected chi connectivity index (χ1v) is 9.29. The molecule has 0 bridgehead atoms. The van der Waals surface area contributed by atoms with Crippen molar-refractivity contribution < 1.29 is 9.18 Å². The van der Waals surface area contributed by atoms with Gasteiger partial charge in [0.25, 0.3) is 5.91 Å². The second-order valence-corrected chi connectivity index (χ2v) is 6.80. The average Bonchev–Trinajstić information content (AvgIpc) is 2.95. The van der Waals surface area contributed by atoms with Gasteiger partial charge in [-0.3, -0.25) is 4.79 Å². The van der Waals surface area contributed by atoms with Crippen LogP contribution >= 0.6 is 0 Å². The summed E-state index contributed by atoms with van der Waals surface area (Å²) < 4.78 is 15.2. The van der Waals surface area contributed by atoms with E-state index in [-0.39, 0.29) is 11.7 Å². The Labute approximate surface area is 164 Å². The summed E-state index contributed by atoms with van der Waals surface area (Å²) in [5, 5.41) is 4.08. The number of hydrogen-bond acceptors (Lipinski definition) is 2. The van der Waals surface area contributed by atoms with E-state index in [1.165, 1.54) is 41.1 Å². The second kappa shape index (κ2) is 8.21. The monoisotopic (exact) mass is 377 g/mol. The molecule has 0 unspecified atom stereocenters. The van der Waals surface area contributed by atoms with Crippen LogP contribution in [0.25, 0.3) is 5.69 Å². The zero-order valence-corrected chi connectivity index (χ0v) is 16.6. The van der Waals surface area contributed by atoms with E-state index >= 15 is 0 Å². The molecular weight excluding hydrogens is 353 g/mol. The molecular formula is C23H24FN3O. The maximum Gasteiger partial charge on any atom is 0.271 e. The van der Waals surface area contributed by atoms with Crippen LogP contribution in [-0.2, 0) is 6.42 Å². The third-order valence-electron chi connectivity index (χ3n) is 4.87. The summed E-state index contributed by atoms with van der Waals surface area (Å²) in [5.74, 6) is -0.757. The molecule has 1 aromatic heterocycles. The molecule has 28 heavy (non-hydrogen) atoms. The molecule has 4 nitrogen and oxygen atoms in total. The highest BCUT2D eigenvalue weighted by molar-refractivity contribution is 5.95. The van der Waals surface area contributed by atoms with Crippen molar-refractivity contribution in [2.24, 2.45) is 5.10 Å². The van der Waals surface area contributed by atoms with E-state index in [0.29, 0.717) is 5.56 Å². The van der Waals surface area contributed by atoms with Crippen molar-refractivity contribution in [3.8, 4) is 5.69 Å². The van der Waals surface area contributed by atoms with Crippen molar-refractivity contribution in [3.05, 3.63) is 88.0 Å². The van der Waals surface area contributed by atoms with E-state index in [9.17, 15) is 9.18 Å². The molecule has 1 heterocycles. The standard InChI is InChI=1S/C23H24FN3O/c1-5-18-8-6-7-15(2)22(18)27-16(3)13-20(17(27)4)14-25-26-23(28)19-9-11-21(24)12-10-19/h6-14H,5H2,1-4H3,(H,26,28)/b25-14-. The molecule has 0 radical (unpaired) electrons. The maximum atomic E-state index is 13.0. The highest BCUT2D eigenvalue weighted by Gasteiger charge is 2.14. The molecule has 0 spiro atoms. The minimum atomic E-state index is -0.379. The van der Waals surface area contributed by atoms with Gasteiger partial charge in [-0.1, -0.05) is 25.1 Å². The second-order valence-electron chi connectivity index (χ2n) is 6.80. The molecule has 3 aromatic rings. The largest absolute Gasteiger partial charge is 0.317 e. The van der Waals surface area contributed by atoms with E-state index in [1.54, 1.807) is 6.21 Å². The van der Waals surface area contributed by atoms with Gasteiger partial charge in [0.2, 0.25) is 0 Å². The highest BCUT2D eigenvalue weighted by atomic mass is 19.1. The van der Waals surface area contributed by atoms with Crippen LogP contribution in [0.5, 0.6) is 0 Å². The third kappa shape index (κ3) is 3.88. The number of halogens is 1. The van der Waals surface area contributed by atoms with E-state index in [2.05, 4.69) is 60.1 Å².